The molecule has 1 aliphatic rings. The number of ether oxygens (including phenoxy) is 1. The first-order chi connectivity index (χ1) is 13.7. The number of hydrogen-bond acceptors (Lipinski definition) is 6. The highest BCUT2D eigenvalue weighted by molar-refractivity contribution is 6.33. The third kappa shape index (κ3) is 3.42. The van der Waals surface area contributed by atoms with Gasteiger partial charge in [-0.05, 0) is 35.7 Å². The molecule has 3 aromatic rings. The zero-order chi connectivity index (χ0) is 19.5. The van der Waals surface area contributed by atoms with Crippen molar-refractivity contribution >= 4 is 17.4 Å². The van der Waals surface area contributed by atoms with Crippen LogP contribution in [0.15, 0.2) is 59.8 Å². The van der Waals surface area contributed by atoms with E-state index in [4.69, 9.17) is 16.3 Å². The smallest absolute Gasteiger partial charge is 0.178 e. The first-order valence-corrected chi connectivity index (χ1v) is 9.40. The Hall–Kier alpha value is -3.03. The Labute approximate surface area is 168 Å². The molecule has 1 aliphatic heterocycles. The number of amidine groups is 1. The number of benzene rings is 2. The molecule has 2 N–H and O–H groups in total. The van der Waals surface area contributed by atoms with E-state index in [2.05, 4.69) is 34.3 Å². The highest BCUT2D eigenvalue weighted by Gasteiger charge is 2.25. The molecule has 7 nitrogen and oxygen atoms in total. The van der Waals surface area contributed by atoms with E-state index in [9.17, 15) is 0 Å². The summed E-state index contributed by atoms with van der Waals surface area (Å²) in [6.07, 6.45) is 2.64. The molecule has 0 atom stereocenters. The van der Waals surface area contributed by atoms with Gasteiger partial charge < -0.3 is 4.74 Å². The maximum Gasteiger partial charge on any atom is 0.178 e. The lowest BCUT2D eigenvalue weighted by atomic mass is 10.1. The summed E-state index contributed by atoms with van der Waals surface area (Å²) < 4.78 is 6.97. The monoisotopic (exact) mass is 396 g/mol. The predicted octanol–water partition coefficient (Wildman–Crippen LogP) is 3.28. The first kappa shape index (κ1) is 18.3. The lowest BCUT2D eigenvalue weighted by Gasteiger charge is -2.18. The molecule has 8 heteroatoms. The van der Waals surface area contributed by atoms with Gasteiger partial charge in [-0.25, -0.2) is 10.2 Å². The average Bonchev–Trinajstić information content (AvgIpc) is 3.34. The second kappa shape index (κ2) is 7.92. The summed E-state index contributed by atoms with van der Waals surface area (Å²) in [7, 11) is 1.65. The van der Waals surface area contributed by atoms with Crippen molar-refractivity contribution in [2.24, 2.45) is 5.10 Å². The summed E-state index contributed by atoms with van der Waals surface area (Å²) in [5, 5.41) is 11.3. The number of halogens is 1. The fourth-order valence-electron chi connectivity index (χ4n) is 3.15. The topological polar surface area (TPSA) is 66.7 Å². The van der Waals surface area contributed by atoms with Crippen LogP contribution in [0.25, 0.3) is 5.69 Å². The van der Waals surface area contributed by atoms with Gasteiger partial charge in [-0.15, -0.1) is 10.6 Å². The minimum Gasteiger partial charge on any atom is -0.497 e. The molecule has 0 saturated carbocycles. The minimum absolute atomic E-state index is 0.518. The predicted molar refractivity (Wildman–Crippen MR) is 109 cm³/mol. The van der Waals surface area contributed by atoms with Gasteiger partial charge >= 0.3 is 0 Å². The van der Waals surface area contributed by atoms with Crippen molar-refractivity contribution < 1.29 is 4.74 Å². The molecule has 2 heterocycles. The van der Waals surface area contributed by atoms with Crippen LogP contribution >= 0.6 is 11.6 Å². The molecule has 2 aromatic carbocycles. The van der Waals surface area contributed by atoms with Crippen molar-refractivity contribution in [3.63, 3.8) is 0 Å². The van der Waals surface area contributed by atoms with E-state index >= 15 is 0 Å². The summed E-state index contributed by atoms with van der Waals surface area (Å²) in [5.74, 6) is 1.50. The van der Waals surface area contributed by atoms with E-state index in [1.807, 2.05) is 47.5 Å². The van der Waals surface area contributed by atoms with Crippen LogP contribution in [0.1, 0.15) is 23.6 Å². The lowest BCUT2D eigenvalue weighted by Crippen LogP contribution is -2.40. The zero-order valence-corrected chi connectivity index (χ0v) is 16.4. The van der Waals surface area contributed by atoms with Crippen molar-refractivity contribution in [2.45, 2.75) is 19.9 Å². The minimum atomic E-state index is 0.518. The van der Waals surface area contributed by atoms with Crippen LogP contribution in [-0.2, 0) is 13.0 Å². The number of hydrazine groups is 2. The van der Waals surface area contributed by atoms with Gasteiger partial charge in [0.2, 0.25) is 0 Å². The SMILES string of the molecule is CCc1ccccc1-n1ncc(C2=NNNN2Cc2ccc(OC)cc2)c1Cl. The van der Waals surface area contributed by atoms with Gasteiger partial charge in [0.25, 0.3) is 0 Å². The fourth-order valence-corrected chi connectivity index (χ4v) is 3.42. The van der Waals surface area contributed by atoms with Crippen molar-refractivity contribution in [1.29, 1.82) is 0 Å². The number of para-hydroxylation sites is 1. The van der Waals surface area contributed by atoms with E-state index in [1.165, 1.54) is 5.56 Å². The molecule has 28 heavy (non-hydrogen) atoms. The van der Waals surface area contributed by atoms with Crippen LogP contribution in [0, 0.1) is 0 Å². The molecular weight excluding hydrogens is 376 g/mol. The first-order valence-electron chi connectivity index (χ1n) is 9.02. The molecular formula is C20H21ClN6O. The van der Waals surface area contributed by atoms with E-state index < -0.39 is 0 Å². The van der Waals surface area contributed by atoms with Crippen molar-refractivity contribution in [3.8, 4) is 11.4 Å². The van der Waals surface area contributed by atoms with Gasteiger partial charge in [-0.1, -0.05) is 48.9 Å². The Balaban J connectivity index is 1.60. The summed E-state index contributed by atoms with van der Waals surface area (Å²) in [5.41, 5.74) is 9.84. The van der Waals surface area contributed by atoms with Crippen LogP contribution < -0.4 is 15.8 Å². The van der Waals surface area contributed by atoms with Crippen molar-refractivity contribution in [1.82, 2.24) is 25.9 Å². The van der Waals surface area contributed by atoms with Crippen LogP contribution in [-0.4, -0.2) is 27.7 Å². The maximum absolute atomic E-state index is 6.70. The molecule has 0 spiro atoms. The highest BCUT2D eigenvalue weighted by atomic mass is 35.5. The van der Waals surface area contributed by atoms with Gasteiger partial charge in [-0.3, -0.25) is 5.01 Å². The fraction of sp³-hybridized carbons (Fsp3) is 0.200. The van der Waals surface area contributed by atoms with Gasteiger partial charge in [0, 0.05) is 0 Å². The number of methoxy groups -OCH3 is 1. The number of nitrogens with zero attached hydrogens (tertiary/aromatic N) is 4. The number of hydrazone groups is 1. The summed E-state index contributed by atoms with van der Waals surface area (Å²) >= 11 is 6.70. The van der Waals surface area contributed by atoms with Gasteiger partial charge in [0.1, 0.15) is 10.9 Å². The second-order valence-electron chi connectivity index (χ2n) is 6.34. The maximum atomic E-state index is 6.70. The molecule has 144 valence electrons. The van der Waals surface area contributed by atoms with Crippen LogP contribution in [0.2, 0.25) is 5.15 Å². The average molecular weight is 397 g/mol. The Morgan fingerprint density at radius 3 is 2.64 bits per heavy atom. The van der Waals surface area contributed by atoms with E-state index in [1.54, 1.807) is 18.0 Å². The van der Waals surface area contributed by atoms with Gasteiger partial charge in [0.05, 0.1) is 31.1 Å². The van der Waals surface area contributed by atoms with E-state index in [0.717, 1.165) is 29.0 Å². The van der Waals surface area contributed by atoms with Crippen LogP contribution in [0.4, 0.5) is 0 Å². The molecule has 4 rings (SSSR count). The molecule has 0 aliphatic carbocycles. The third-order valence-corrected chi connectivity index (χ3v) is 5.02. The normalized spacial score (nSPS) is 13.4. The summed E-state index contributed by atoms with van der Waals surface area (Å²) in [6.45, 7) is 2.71. The number of aryl methyl sites for hydroxylation is 1. The lowest BCUT2D eigenvalue weighted by molar-refractivity contribution is 0.288. The number of rotatable bonds is 6. The van der Waals surface area contributed by atoms with E-state index in [-0.39, 0.29) is 0 Å². The Kier molecular flexibility index (Phi) is 5.18. The van der Waals surface area contributed by atoms with Gasteiger partial charge in [0.15, 0.2) is 5.84 Å². The molecule has 1 aromatic heterocycles. The Bertz CT molecular complexity index is 998. The standard InChI is InChI=1S/C20H21ClN6O/c1-3-15-6-4-5-7-18(15)27-19(21)17(12-22-27)20-23-24-25-26(20)13-14-8-10-16(28-2)11-9-14/h4-12,24-25H,3,13H2,1-2H3. The molecule has 0 fully saturated rings. The van der Waals surface area contributed by atoms with Crippen molar-refractivity contribution in [2.75, 3.05) is 7.11 Å². The second-order valence-corrected chi connectivity index (χ2v) is 6.69. The molecule has 0 radical (unpaired) electrons. The van der Waals surface area contributed by atoms with Crippen molar-refractivity contribution in [3.05, 3.63) is 76.6 Å². The zero-order valence-electron chi connectivity index (χ0n) is 15.7. The molecule has 0 saturated heterocycles. The quantitative estimate of drug-likeness (QED) is 0.669. The van der Waals surface area contributed by atoms with Gasteiger partial charge in [-0.2, -0.15) is 5.10 Å². The summed E-state index contributed by atoms with van der Waals surface area (Å²) in [6, 6.07) is 16.0. The molecule has 0 amide bonds. The number of hydrogen-bond donors (Lipinski definition) is 2. The number of aromatic nitrogens is 2. The number of nitrogens with one attached hydrogen (secondary N) is 2. The van der Waals surface area contributed by atoms with E-state index in [0.29, 0.717) is 17.5 Å². The third-order valence-electron chi connectivity index (χ3n) is 4.65. The highest BCUT2D eigenvalue weighted by Crippen LogP contribution is 2.25. The molecule has 0 bridgehead atoms. The van der Waals surface area contributed by atoms with Crippen LogP contribution in [0.3, 0.4) is 0 Å². The van der Waals surface area contributed by atoms with Crippen LogP contribution in [0.5, 0.6) is 5.75 Å². The Morgan fingerprint density at radius 2 is 1.89 bits per heavy atom. The molecule has 0 unspecified atom stereocenters. The largest absolute Gasteiger partial charge is 0.497 e. The Morgan fingerprint density at radius 1 is 1.11 bits per heavy atom. The summed E-state index contributed by atoms with van der Waals surface area (Å²) in [4.78, 5) is 0.